The molecule has 1 aliphatic heterocycles. The molecule has 10 nitrogen and oxygen atoms in total. The first-order valence-corrected chi connectivity index (χ1v) is 11.5. The van der Waals surface area contributed by atoms with Crippen LogP contribution in [0.5, 0.6) is 5.75 Å². The number of morpholine rings is 1. The molecule has 2 aromatic heterocycles. The van der Waals surface area contributed by atoms with Crippen LogP contribution in [0.2, 0.25) is 0 Å². The Bertz CT molecular complexity index is 1360. The molecule has 0 saturated carbocycles. The number of nitrogens with one attached hydrogen (secondary N) is 2. The Morgan fingerprint density at radius 2 is 2.06 bits per heavy atom. The average molecular weight is 475 g/mol. The number of hydrogen-bond donors (Lipinski definition) is 3. The van der Waals surface area contributed by atoms with Gasteiger partial charge in [0, 0.05) is 42.9 Å². The molecular weight excluding hydrogens is 448 g/mol. The summed E-state index contributed by atoms with van der Waals surface area (Å²) in [6.07, 6.45) is 4.96. The molecule has 0 amide bonds. The fourth-order valence-corrected chi connectivity index (χ4v) is 3.99. The van der Waals surface area contributed by atoms with Gasteiger partial charge in [-0.2, -0.15) is 0 Å². The summed E-state index contributed by atoms with van der Waals surface area (Å²) in [7, 11) is 0. The number of anilines is 2. The van der Waals surface area contributed by atoms with Gasteiger partial charge in [-0.25, -0.2) is 19.7 Å². The third-order valence-corrected chi connectivity index (χ3v) is 5.73. The fourth-order valence-electron chi connectivity index (χ4n) is 3.99. The van der Waals surface area contributed by atoms with Crippen molar-refractivity contribution in [3.63, 3.8) is 0 Å². The number of aliphatic carboxylic acids is 1. The topological polar surface area (TPSA) is 125 Å². The number of nitrogens with zero attached hydrogens (tertiary/aromatic N) is 4. The van der Waals surface area contributed by atoms with Crippen molar-refractivity contribution < 1.29 is 19.4 Å². The van der Waals surface area contributed by atoms with Gasteiger partial charge in [0.15, 0.2) is 5.82 Å². The molecule has 3 heterocycles. The van der Waals surface area contributed by atoms with Crippen LogP contribution in [-0.4, -0.2) is 75.4 Å². The fraction of sp³-hybridized carbons (Fsp3) is 0.280. The summed E-state index contributed by atoms with van der Waals surface area (Å²) in [6.45, 7) is 5.06. The molecule has 35 heavy (non-hydrogen) atoms. The Labute approximate surface area is 201 Å². The van der Waals surface area contributed by atoms with E-state index in [1.165, 1.54) is 6.08 Å². The van der Waals surface area contributed by atoms with Gasteiger partial charge in [-0.1, -0.05) is 0 Å². The molecule has 3 N–H and O–H groups in total. The summed E-state index contributed by atoms with van der Waals surface area (Å²) in [5, 5.41) is 13.2. The Hall–Kier alpha value is -4.02. The minimum absolute atomic E-state index is 0.287. The second kappa shape index (κ2) is 10.5. The number of H-pyrrole nitrogens is 1. The van der Waals surface area contributed by atoms with Crippen molar-refractivity contribution in [1.29, 1.82) is 0 Å². The van der Waals surface area contributed by atoms with Crippen LogP contribution in [0.15, 0.2) is 48.8 Å². The van der Waals surface area contributed by atoms with Gasteiger partial charge in [0.25, 0.3) is 0 Å². The lowest BCUT2D eigenvalue weighted by Crippen LogP contribution is -2.37. The van der Waals surface area contributed by atoms with Gasteiger partial charge in [0.05, 0.1) is 42.7 Å². The number of carboxylic acid groups (broad SMARTS) is 1. The van der Waals surface area contributed by atoms with Crippen LogP contribution in [0.3, 0.4) is 0 Å². The van der Waals surface area contributed by atoms with Crippen LogP contribution >= 0.6 is 0 Å². The van der Waals surface area contributed by atoms with E-state index in [0.29, 0.717) is 23.7 Å². The summed E-state index contributed by atoms with van der Waals surface area (Å²) in [4.78, 5) is 29.8. The number of benzene rings is 2. The number of carboxylic acids is 1. The second-order valence-corrected chi connectivity index (χ2v) is 8.20. The van der Waals surface area contributed by atoms with E-state index in [0.717, 1.165) is 67.5 Å². The van der Waals surface area contributed by atoms with E-state index in [9.17, 15) is 4.79 Å². The molecule has 1 fully saturated rings. The van der Waals surface area contributed by atoms with Crippen LogP contribution in [0.1, 0.15) is 12.2 Å². The molecule has 4 aromatic rings. The van der Waals surface area contributed by atoms with Crippen molar-refractivity contribution >= 4 is 45.5 Å². The lowest BCUT2D eigenvalue weighted by Gasteiger charge is -2.26. The molecule has 0 atom stereocenters. The summed E-state index contributed by atoms with van der Waals surface area (Å²) in [5.41, 5.74) is 3.23. The van der Waals surface area contributed by atoms with Gasteiger partial charge in [-0.3, -0.25) is 4.90 Å². The average Bonchev–Trinajstić information content (AvgIpc) is 3.34. The molecule has 10 heteroatoms. The Morgan fingerprint density at radius 3 is 2.91 bits per heavy atom. The number of ether oxygens (including phenoxy) is 2. The van der Waals surface area contributed by atoms with E-state index in [-0.39, 0.29) is 5.82 Å². The molecule has 0 unspecified atom stereocenters. The van der Waals surface area contributed by atoms with Crippen LogP contribution in [-0.2, 0) is 9.53 Å². The summed E-state index contributed by atoms with van der Waals surface area (Å²) >= 11 is 0. The third kappa shape index (κ3) is 5.73. The summed E-state index contributed by atoms with van der Waals surface area (Å²) in [5.74, 6) is 0.494. The summed E-state index contributed by atoms with van der Waals surface area (Å²) < 4.78 is 11.4. The largest absolute Gasteiger partial charge is 0.493 e. The maximum Gasteiger partial charge on any atom is 0.328 e. The SMILES string of the molecule is O=C(O)C=Cc1nc(Nc2ccc3nc[nH]c3c2)c2ccc(OCCCN3CCOCC3)cc2n1. The quantitative estimate of drug-likeness (QED) is 0.247. The highest BCUT2D eigenvalue weighted by atomic mass is 16.5. The van der Waals surface area contributed by atoms with Gasteiger partial charge in [-0.15, -0.1) is 0 Å². The zero-order chi connectivity index (χ0) is 24.0. The monoisotopic (exact) mass is 474 g/mol. The number of rotatable bonds is 9. The standard InChI is InChI=1S/C25H26N6O4/c32-24(33)7-6-23-29-21-15-18(35-11-1-8-31-9-12-34-13-10-31)3-4-19(21)25(30-23)28-17-2-5-20-22(14-17)27-16-26-20/h2-7,14-16H,1,8-13H2,(H,26,27)(H,32,33)(H,28,29,30). The Kier molecular flexibility index (Phi) is 6.82. The zero-order valence-corrected chi connectivity index (χ0v) is 19.1. The van der Waals surface area contributed by atoms with Gasteiger partial charge >= 0.3 is 5.97 Å². The number of imidazole rings is 1. The van der Waals surface area contributed by atoms with E-state index in [1.807, 2.05) is 36.4 Å². The van der Waals surface area contributed by atoms with Gasteiger partial charge < -0.3 is 24.9 Å². The highest BCUT2D eigenvalue weighted by Gasteiger charge is 2.11. The van der Waals surface area contributed by atoms with Crippen LogP contribution in [0, 0.1) is 0 Å². The van der Waals surface area contributed by atoms with Crippen molar-refractivity contribution in [3.05, 3.63) is 54.6 Å². The molecule has 0 aliphatic carbocycles. The van der Waals surface area contributed by atoms with Crippen molar-refractivity contribution in [2.45, 2.75) is 6.42 Å². The Morgan fingerprint density at radius 1 is 1.17 bits per heavy atom. The van der Waals surface area contributed by atoms with Crippen molar-refractivity contribution in [2.75, 3.05) is 44.8 Å². The molecule has 5 rings (SSSR count). The number of carbonyl (C=O) groups is 1. The highest BCUT2D eigenvalue weighted by molar-refractivity contribution is 5.93. The molecule has 180 valence electrons. The lowest BCUT2D eigenvalue weighted by atomic mass is 10.2. The van der Waals surface area contributed by atoms with Gasteiger partial charge in [-0.05, 0) is 42.8 Å². The predicted molar refractivity (Wildman–Crippen MR) is 133 cm³/mol. The molecule has 1 aliphatic rings. The first kappa shape index (κ1) is 22.8. The smallest absolute Gasteiger partial charge is 0.328 e. The van der Waals surface area contributed by atoms with Gasteiger partial charge in [0.1, 0.15) is 11.6 Å². The van der Waals surface area contributed by atoms with E-state index < -0.39 is 5.97 Å². The van der Waals surface area contributed by atoms with E-state index >= 15 is 0 Å². The Balaban J connectivity index is 1.36. The third-order valence-electron chi connectivity index (χ3n) is 5.73. The summed E-state index contributed by atoms with van der Waals surface area (Å²) in [6, 6.07) is 11.4. The van der Waals surface area contributed by atoms with Gasteiger partial charge in [0.2, 0.25) is 0 Å². The molecule has 0 spiro atoms. The lowest BCUT2D eigenvalue weighted by molar-refractivity contribution is -0.131. The van der Waals surface area contributed by atoms with E-state index in [4.69, 9.17) is 14.6 Å². The predicted octanol–water partition coefficient (Wildman–Crippen LogP) is 3.45. The van der Waals surface area contributed by atoms with Crippen LogP contribution in [0.4, 0.5) is 11.5 Å². The maximum atomic E-state index is 11.0. The highest BCUT2D eigenvalue weighted by Crippen LogP contribution is 2.28. The number of aromatic amines is 1. The molecule has 0 radical (unpaired) electrons. The minimum Gasteiger partial charge on any atom is -0.493 e. The minimum atomic E-state index is -1.06. The van der Waals surface area contributed by atoms with Crippen molar-refractivity contribution in [2.24, 2.45) is 0 Å². The van der Waals surface area contributed by atoms with E-state index in [2.05, 4.69) is 30.2 Å². The molecular formula is C25H26N6O4. The number of aromatic nitrogens is 4. The van der Waals surface area contributed by atoms with Crippen molar-refractivity contribution in [1.82, 2.24) is 24.8 Å². The maximum absolute atomic E-state index is 11.0. The van der Waals surface area contributed by atoms with E-state index in [1.54, 1.807) is 6.33 Å². The number of fused-ring (bicyclic) bond motifs is 2. The molecule has 0 bridgehead atoms. The van der Waals surface area contributed by atoms with Crippen LogP contribution in [0.25, 0.3) is 28.0 Å². The molecule has 1 saturated heterocycles. The molecule has 2 aromatic carbocycles. The first-order chi connectivity index (χ1) is 17.1. The normalized spacial score (nSPS) is 14.6. The van der Waals surface area contributed by atoms with Crippen LogP contribution < -0.4 is 10.1 Å². The zero-order valence-electron chi connectivity index (χ0n) is 19.1. The van der Waals surface area contributed by atoms with Crippen molar-refractivity contribution in [3.8, 4) is 5.75 Å². The second-order valence-electron chi connectivity index (χ2n) is 8.20. The first-order valence-electron chi connectivity index (χ1n) is 11.5. The number of hydrogen-bond acceptors (Lipinski definition) is 8.